The van der Waals surface area contributed by atoms with Crippen molar-refractivity contribution in [1.82, 2.24) is 0 Å². The second-order valence-corrected chi connectivity index (χ2v) is 4.21. The minimum absolute atomic E-state index is 0.280. The van der Waals surface area contributed by atoms with E-state index in [9.17, 15) is 22.0 Å². The lowest BCUT2D eigenvalue weighted by Crippen LogP contribution is -2.29. The molecule has 0 amide bonds. The van der Waals surface area contributed by atoms with E-state index < -0.39 is 40.0 Å². The zero-order chi connectivity index (χ0) is 13.4. The summed E-state index contributed by atoms with van der Waals surface area (Å²) >= 11 is 0. The maximum atomic E-state index is 13.6. The van der Waals surface area contributed by atoms with Crippen molar-refractivity contribution >= 4 is 7.85 Å². The molecule has 6 heteroatoms. The maximum absolute atomic E-state index is 13.6. The second-order valence-electron chi connectivity index (χ2n) is 4.21. The van der Waals surface area contributed by atoms with Crippen LogP contribution in [0.15, 0.2) is 0 Å². The van der Waals surface area contributed by atoms with Crippen LogP contribution in [0.1, 0.15) is 32.3 Å². The summed E-state index contributed by atoms with van der Waals surface area (Å²) in [4.78, 5) is 0. The van der Waals surface area contributed by atoms with Crippen molar-refractivity contribution in [3.05, 3.63) is 34.6 Å². The number of hydrogen-bond acceptors (Lipinski definition) is 0. The quantitative estimate of drug-likeness (QED) is 0.335. The zero-order valence-corrected chi connectivity index (χ0v) is 9.80. The fraction of sp³-hybridized carbons (Fsp3) is 0.455. The molecule has 0 nitrogen and oxygen atoms in total. The van der Waals surface area contributed by atoms with Crippen LogP contribution in [0.5, 0.6) is 0 Å². The van der Waals surface area contributed by atoms with Gasteiger partial charge >= 0.3 is 0 Å². The molecule has 0 heterocycles. The van der Waals surface area contributed by atoms with Gasteiger partial charge in [0.25, 0.3) is 0 Å². The Morgan fingerprint density at radius 1 is 0.765 bits per heavy atom. The smallest absolute Gasteiger partial charge is 0.200 e. The Kier molecular flexibility index (Phi) is 3.84. The minimum Gasteiger partial charge on any atom is -0.203 e. The molecule has 17 heavy (non-hydrogen) atoms. The fourth-order valence-corrected chi connectivity index (χ4v) is 1.74. The summed E-state index contributed by atoms with van der Waals surface area (Å²) in [6, 6.07) is 0. The molecule has 0 aliphatic heterocycles. The Labute approximate surface area is 97.2 Å². The van der Waals surface area contributed by atoms with E-state index in [1.54, 1.807) is 13.8 Å². The van der Waals surface area contributed by atoms with Crippen molar-refractivity contribution in [1.29, 1.82) is 0 Å². The largest absolute Gasteiger partial charge is 0.203 e. The van der Waals surface area contributed by atoms with E-state index in [0.717, 1.165) is 0 Å². The van der Waals surface area contributed by atoms with Crippen LogP contribution in [-0.2, 0) is 5.31 Å². The van der Waals surface area contributed by atoms with Gasteiger partial charge in [-0.2, -0.15) is 0 Å². The molecule has 0 N–H and O–H groups in total. The van der Waals surface area contributed by atoms with Crippen LogP contribution >= 0.6 is 0 Å². The van der Waals surface area contributed by atoms with Crippen molar-refractivity contribution in [2.45, 2.75) is 32.0 Å². The Bertz CT molecular complexity index is 411. The molecule has 1 aromatic rings. The molecule has 1 rings (SSSR count). The third-order valence-electron chi connectivity index (χ3n) is 3.37. The van der Waals surface area contributed by atoms with Crippen molar-refractivity contribution in [3.63, 3.8) is 0 Å². The lowest BCUT2D eigenvalue weighted by atomic mass is 9.60. The number of hydrogen-bond donors (Lipinski definition) is 0. The molecule has 0 aliphatic rings. The van der Waals surface area contributed by atoms with E-state index in [4.69, 9.17) is 0 Å². The van der Waals surface area contributed by atoms with Crippen molar-refractivity contribution < 1.29 is 22.0 Å². The lowest BCUT2D eigenvalue weighted by molar-refractivity contribution is 0.354. The van der Waals surface area contributed by atoms with Crippen LogP contribution in [-0.4, -0.2) is 7.85 Å². The highest BCUT2D eigenvalue weighted by atomic mass is 19.2. The highest BCUT2D eigenvalue weighted by Crippen LogP contribution is 2.35. The van der Waals surface area contributed by atoms with Gasteiger partial charge in [-0.1, -0.05) is 26.7 Å². The Morgan fingerprint density at radius 3 is 1.35 bits per heavy atom. The average Bonchev–Trinajstić information content (AvgIpc) is 2.33. The summed E-state index contributed by atoms with van der Waals surface area (Å²) in [6.45, 7) is 3.28. The van der Waals surface area contributed by atoms with Gasteiger partial charge in [0.2, 0.25) is 5.82 Å². The van der Waals surface area contributed by atoms with Gasteiger partial charge in [-0.15, -0.1) is 0 Å². The predicted molar refractivity (Wildman–Crippen MR) is 57.0 cm³/mol. The Balaban J connectivity index is 3.65. The van der Waals surface area contributed by atoms with E-state index in [-0.39, 0.29) is 12.8 Å². The van der Waals surface area contributed by atoms with E-state index >= 15 is 0 Å². The first-order chi connectivity index (χ1) is 7.80. The van der Waals surface area contributed by atoms with Crippen molar-refractivity contribution in [3.8, 4) is 0 Å². The monoisotopic (exact) mass is 250 g/mol. The number of benzene rings is 1. The van der Waals surface area contributed by atoms with Crippen LogP contribution in [0.3, 0.4) is 0 Å². The Morgan fingerprint density at radius 2 is 1.06 bits per heavy atom. The van der Waals surface area contributed by atoms with Crippen LogP contribution in [0.25, 0.3) is 0 Å². The lowest BCUT2D eigenvalue weighted by Gasteiger charge is -2.28. The first-order valence-electron chi connectivity index (χ1n) is 5.32. The summed E-state index contributed by atoms with van der Waals surface area (Å²) in [6.07, 6.45) is 0.559. The first kappa shape index (κ1) is 14.0. The van der Waals surface area contributed by atoms with E-state index in [1.807, 2.05) is 0 Å². The molecule has 0 aliphatic carbocycles. The molecule has 0 spiro atoms. The van der Waals surface area contributed by atoms with Crippen molar-refractivity contribution in [2.24, 2.45) is 0 Å². The minimum atomic E-state index is -2.11. The molecule has 0 radical (unpaired) electrons. The molecule has 0 unspecified atom stereocenters. The third kappa shape index (κ3) is 2.05. The molecular formula is C11H12BF5. The molecule has 0 saturated heterocycles. The molecule has 1 aromatic carbocycles. The molecule has 0 atom stereocenters. The maximum Gasteiger partial charge on any atom is 0.200 e. The van der Waals surface area contributed by atoms with Gasteiger partial charge < -0.3 is 0 Å². The van der Waals surface area contributed by atoms with E-state index in [1.165, 1.54) is 7.85 Å². The predicted octanol–water partition coefficient (Wildman–Crippen LogP) is 3.03. The summed E-state index contributed by atoms with van der Waals surface area (Å²) in [5.74, 6) is -9.34. The van der Waals surface area contributed by atoms with Crippen LogP contribution < -0.4 is 0 Å². The topological polar surface area (TPSA) is 0 Å². The van der Waals surface area contributed by atoms with E-state index in [2.05, 4.69) is 0 Å². The zero-order valence-electron chi connectivity index (χ0n) is 9.80. The molecule has 0 saturated carbocycles. The van der Waals surface area contributed by atoms with Crippen LogP contribution in [0.4, 0.5) is 22.0 Å². The molecule has 94 valence electrons. The van der Waals surface area contributed by atoms with Gasteiger partial charge in [-0.25, -0.2) is 22.0 Å². The summed E-state index contributed by atoms with van der Waals surface area (Å²) in [5.41, 5.74) is -0.723. The fourth-order valence-electron chi connectivity index (χ4n) is 1.74. The normalized spacial score (nSPS) is 11.9. The van der Waals surface area contributed by atoms with E-state index in [0.29, 0.717) is 0 Å². The third-order valence-corrected chi connectivity index (χ3v) is 3.37. The summed E-state index contributed by atoms with van der Waals surface area (Å²) in [7, 11) is 1.48. The summed E-state index contributed by atoms with van der Waals surface area (Å²) < 4.78 is 66.1. The highest BCUT2D eigenvalue weighted by Gasteiger charge is 2.35. The number of halogens is 5. The second kappa shape index (κ2) is 4.66. The van der Waals surface area contributed by atoms with Gasteiger partial charge in [0, 0.05) is 5.56 Å². The van der Waals surface area contributed by atoms with Gasteiger partial charge in [-0.3, -0.25) is 0 Å². The molecule has 0 aromatic heterocycles. The molecule has 0 bridgehead atoms. The van der Waals surface area contributed by atoms with Crippen molar-refractivity contribution in [2.75, 3.05) is 0 Å². The Hall–Kier alpha value is -1.07. The molecular weight excluding hydrogens is 238 g/mol. The van der Waals surface area contributed by atoms with Gasteiger partial charge in [-0.05, 0) is 5.31 Å². The first-order valence-corrected chi connectivity index (χ1v) is 5.32. The highest BCUT2D eigenvalue weighted by molar-refractivity contribution is 6.15. The van der Waals surface area contributed by atoms with Gasteiger partial charge in [0.05, 0.1) is 0 Å². The SMILES string of the molecule is BC(CC)(CC)c1c(F)c(F)c(F)c(F)c1F. The van der Waals surface area contributed by atoms with Gasteiger partial charge in [0.1, 0.15) is 7.85 Å². The molecule has 0 fully saturated rings. The standard InChI is InChI=1S/C11H12BF5/c1-3-11(12,4-2)5-6(13)8(15)10(17)9(16)7(5)14/h3-4,12H2,1-2H3. The van der Waals surface area contributed by atoms with Gasteiger partial charge in [0.15, 0.2) is 23.3 Å². The summed E-state index contributed by atoms with van der Waals surface area (Å²) in [5, 5.41) is -1.07. The average molecular weight is 250 g/mol. The van der Waals surface area contributed by atoms with Crippen LogP contribution in [0, 0.1) is 29.1 Å². The van der Waals surface area contributed by atoms with Crippen LogP contribution in [0.2, 0.25) is 0 Å². The number of rotatable bonds is 3.